The number of nitrogens with zero attached hydrogens (tertiary/aromatic N) is 1. The van der Waals surface area contributed by atoms with E-state index in [2.05, 4.69) is 6.92 Å². The first-order valence-corrected chi connectivity index (χ1v) is 5.57. The summed E-state index contributed by atoms with van der Waals surface area (Å²) >= 11 is 1.35. The van der Waals surface area contributed by atoms with Crippen LogP contribution in [-0.4, -0.2) is 6.61 Å². The van der Waals surface area contributed by atoms with Gasteiger partial charge in [0.1, 0.15) is 22.4 Å². The minimum Gasteiger partial charge on any atom is -0.491 e. The third kappa shape index (κ3) is 2.64. The fraction of sp³-hybridized carbons (Fsp3) is 0.500. The van der Waals surface area contributed by atoms with Gasteiger partial charge in [-0.15, -0.1) is 11.3 Å². The van der Waals surface area contributed by atoms with Crippen molar-refractivity contribution in [3.05, 3.63) is 10.9 Å². The van der Waals surface area contributed by atoms with Crippen molar-refractivity contribution in [3.63, 3.8) is 0 Å². The van der Waals surface area contributed by atoms with Gasteiger partial charge in [0, 0.05) is 5.38 Å². The van der Waals surface area contributed by atoms with E-state index in [1.165, 1.54) is 17.8 Å². The molecule has 1 heterocycles. The maximum Gasteiger partial charge on any atom is 0.149 e. The normalized spacial score (nSPS) is 9.71. The molecule has 4 heteroatoms. The molecule has 0 aliphatic rings. The van der Waals surface area contributed by atoms with Crippen LogP contribution in [0.15, 0.2) is 5.38 Å². The van der Waals surface area contributed by atoms with Crippen LogP contribution >= 0.6 is 11.3 Å². The van der Waals surface area contributed by atoms with Gasteiger partial charge < -0.3 is 10.5 Å². The Bertz CT molecular complexity index is 327. The van der Waals surface area contributed by atoms with E-state index in [1.54, 1.807) is 5.38 Å². The Morgan fingerprint density at radius 1 is 1.57 bits per heavy atom. The summed E-state index contributed by atoms with van der Waals surface area (Å²) in [5, 5.41) is 11.1. The van der Waals surface area contributed by atoms with Crippen molar-refractivity contribution in [2.24, 2.45) is 0 Å². The van der Waals surface area contributed by atoms with E-state index in [0.29, 0.717) is 22.9 Å². The largest absolute Gasteiger partial charge is 0.491 e. The van der Waals surface area contributed by atoms with Crippen LogP contribution in [0.4, 0.5) is 5.00 Å². The number of unbranched alkanes of at least 4 members (excludes halogenated alkanes) is 2. The fourth-order valence-corrected chi connectivity index (χ4v) is 1.79. The molecular formula is C10H14N2OS. The van der Waals surface area contributed by atoms with E-state index in [0.717, 1.165) is 12.8 Å². The highest BCUT2D eigenvalue weighted by Crippen LogP contribution is 2.30. The third-order valence-electron chi connectivity index (χ3n) is 1.90. The van der Waals surface area contributed by atoms with E-state index in [9.17, 15) is 0 Å². The van der Waals surface area contributed by atoms with Crippen LogP contribution in [0, 0.1) is 11.3 Å². The Morgan fingerprint density at radius 3 is 3.00 bits per heavy atom. The standard InChI is InChI=1S/C10H14N2OS/c1-2-3-4-5-13-9-7-14-10(12)8(9)6-11/h7H,2-5,12H2,1H3. The van der Waals surface area contributed by atoms with E-state index in [-0.39, 0.29) is 0 Å². The van der Waals surface area contributed by atoms with Gasteiger partial charge in [-0.25, -0.2) is 0 Å². The lowest BCUT2D eigenvalue weighted by Gasteiger charge is -2.03. The molecule has 0 unspecified atom stereocenters. The molecule has 0 amide bonds. The molecule has 0 atom stereocenters. The minimum absolute atomic E-state index is 0.478. The highest BCUT2D eigenvalue weighted by Gasteiger charge is 2.09. The molecule has 0 saturated carbocycles. The van der Waals surface area contributed by atoms with Gasteiger partial charge in [-0.2, -0.15) is 5.26 Å². The summed E-state index contributed by atoms with van der Waals surface area (Å²) in [5.74, 6) is 0.631. The molecule has 0 aliphatic carbocycles. The van der Waals surface area contributed by atoms with Crippen molar-refractivity contribution >= 4 is 16.3 Å². The van der Waals surface area contributed by atoms with Crippen LogP contribution < -0.4 is 10.5 Å². The monoisotopic (exact) mass is 210 g/mol. The van der Waals surface area contributed by atoms with Gasteiger partial charge in [0.05, 0.1) is 6.61 Å². The van der Waals surface area contributed by atoms with Crippen LogP contribution in [0.5, 0.6) is 5.75 Å². The molecule has 0 spiro atoms. The van der Waals surface area contributed by atoms with E-state index < -0.39 is 0 Å². The number of rotatable bonds is 5. The maximum absolute atomic E-state index is 8.79. The van der Waals surface area contributed by atoms with Crippen molar-refractivity contribution in [1.29, 1.82) is 5.26 Å². The topological polar surface area (TPSA) is 59.0 Å². The van der Waals surface area contributed by atoms with Crippen molar-refractivity contribution in [1.82, 2.24) is 0 Å². The molecule has 14 heavy (non-hydrogen) atoms. The van der Waals surface area contributed by atoms with Crippen molar-refractivity contribution in [2.45, 2.75) is 26.2 Å². The van der Waals surface area contributed by atoms with Gasteiger partial charge in [0.25, 0.3) is 0 Å². The van der Waals surface area contributed by atoms with Gasteiger partial charge in [0.2, 0.25) is 0 Å². The van der Waals surface area contributed by atoms with Crippen LogP contribution in [0.2, 0.25) is 0 Å². The molecule has 1 aromatic rings. The zero-order valence-corrected chi connectivity index (χ0v) is 9.06. The lowest BCUT2D eigenvalue weighted by molar-refractivity contribution is 0.307. The van der Waals surface area contributed by atoms with Crippen molar-refractivity contribution < 1.29 is 4.74 Å². The number of nitrogen functional groups attached to an aromatic ring is 1. The lowest BCUT2D eigenvalue weighted by atomic mass is 10.3. The van der Waals surface area contributed by atoms with E-state index in [4.69, 9.17) is 15.7 Å². The third-order valence-corrected chi connectivity index (χ3v) is 2.69. The Labute approximate surface area is 88.1 Å². The summed E-state index contributed by atoms with van der Waals surface area (Å²) in [6.45, 7) is 2.81. The van der Waals surface area contributed by atoms with Gasteiger partial charge in [-0.05, 0) is 6.42 Å². The van der Waals surface area contributed by atoms with Crippen molar-refractivity contribution in [2.75, 3.05) is 12.3 Å². The highest BCUT2D eigenvalue weighted by atomic mass is 32.1. The number of hydrogen-bond acceptors (Lipinski definition) is 4. The van der Waals surface area contributed by atoms with Crippen LogP contribution in [0.3, 0.4) is 0 Å². The lowest BCUT2D eigenvalue weighted by Crippen LogP contribution is -1.97. The molecule has 3 nitrogen and oxygen atoms in total. The number of ether oxygens (including phenoxy) is 1. The predicted octanol–water partition coefficient (Wildman–Crippen LogP) is 2.77. The molecule has 0 aliphatic heterocycles. The Hall–Kier alpha value is -1.21. The second-order valence-corrected chi connectivity index (χ2v) is 3.92. The van der Waals surface area contributed by atoms with Gasteiger partial charge in [0.15, 0.2) is 0 Å². The first-order valence-electron chi connectivity index (χ1n) is 4.69. The second-order valence-electron chi connectivity index (χ2n) is 3.01. The number of hydrogen-bond donors (Lipinski definition) is 1. The number of thiophene rings is 1. The average Bonchev–Trinajstić information content (AvgIpc) is 2.54. The summed E-state index contributed by atoms with van der Waals surface area (Å²) in [5.41, 5.74) is 6.08. The van der Waals surface area contributed by atoms with Crippen LogP contribution in [0.25, 0.3) is 0 Å². The molecule has 1 rings (SSSR count). The molecule has 2 N–H and O–H groups in total. The second kappa shape index (κ2) is 5.51. The summed E-state index contributed by atoms with van der Waals surface area (Å²) in [7, 11) is 0. The van der Waals surface area contributed by atoms with Crippen molar-refractivity contribution in [3.8, 4) is 11.8 Å². The predicted molar refractivity (Wildman–Crippen MR) is 58.5 cm³/mol. The number of nitriles is 1. The zero-order chi connectivity index (χ0) is 10.4. The average molecular weight is 210 g/mol. The summed E-state index contributed by atoms with van der Waals surface area (Å²) in [4.78, 5) is 0. The molecular weight excluding hydrogens is 196 g/mol. The summed E-state index contributed by atoms with van der Waals surface area (Å²) in [6.07, 6.45) is 3.35. The quantitative estimate of drug-likeness (QED) is 0.760. The maximum atomic E-state index is 8.79. The molecule has 0 fully saturated rings. The Balaban J connectivity index is 2.47. The van der Waals surface area contributed by atoms with Gasteiger partial charge in [-0.3, -0.25) is 0 Å². The molecule has 0 radical (unpaired) electrons. The van der Waals surface area contributed by atoms with Gasteiger partial charge >= 0.3 is 0 Å². The molecule has 76 valence electrons. The number of anilines is 1. The molecule has 0 aromatic carbocycles. The zero-order valence-electron chi connectivity index (χ0n) is 8.25. The Kier molecular flexibility index (Phi) is 4.27. The van der Waals surface area contributed by atoms with E-state index >= 15 is 0 Å². The first-order chi connectivity index (χ1) is 6.79. The summed E-state index contributed by atoms with van der Waals surface area (Å²) in [6, 6.07) is 2.05. The van der Waals surface area contributed by atoms with Crippen LogP contribution in [0.1, 0.15) is 31.7 Å². The number of nitrogens with two attached hydrogens (primary N) is 1. The summed E-state index contributed by atoms with van der Waals surface area (Å²) < 4.78 is 5.46. The van der Waals surface area contributed by atoms with Crippen LogP contribution in [-0.2, 0) is 0 Å². The molecule has 0 bridgehead atoms. The molecule has 0 saturated heterocycles. The fourth-order valence-electron chi connectivity index (χ4n) is 1.11. The molecule has 1 aromatic heterocycles. The van der Waals surface area contributed by atoms with Gasteiger partial charge in [-0.1, -0.05) is 19.8 Å². The smallest absolute Gasteiger partial charge is 0.149 e. The Morgan fingerprint density at radius 2 is 2.36 bits per heavy atom. The SMILES string of the molecule is CCCCCOc1csc(N)c1C#N. The minimum atomic E-state index is 0.478. The highest BCUT2D eigenvalue weighted by molar-refractivity contribution is 7.14. The first kappa shape index (κ1) is 10.9. The van der Waals surface area contributed by atoms with E-state index in [1.807, 2.05) is 6.07 Å².